The number of hydrogen-bond acceptors (Lipinski definition) is 0. The lowest BCUT2D eigenvalue weighted by molar-refractivity contribution is 0.0680. The van der Waals surface area contributed by atoms with Gasteiger partial charge in [-0.2, -0.15) is 0 Å². The van der Waals surface area contributed by atoms with Crippen LogP contribution in [0.5, 0.6) is 0 Å². The number of benzene rings is 1. The van der Waals surface area contributed by atoms with Gasteiger partial charge in [0, 0.05) is 12.5 Å². The molecular weight excluding hydrogens is 314 g/mol. The molecule has 0 amide bonds. The fourth-order valence-electron chi connectivity index (χ4n) is 3.02. The molecule has 2 heteroatoms. The van der Waals surface area contributed by atoms with Crippen molar-refractivity contribution in [1.82, 2.24) is 0 Å². The molecule has 0 fully saturated rings. The van der Waals surface area contributed by atoms with Crippen LogP contribution in [-0.2, 0) is 19.3 Å². The zero-order chi connectivity index (χ0) is 19.0. The third kappa shape index (κ3) is 6.26. The van der Waals surface area contributed by atoms with Crippen molar-refractivity contribution in [3.05, 3.63) is 70.3 Å². The van der Waals surface area contributed by atoms with E-state index in [2.05, 4.69) is 52.5 Å². The Morgan fingerprint density at radius 1 is 1.12 bits per heavy atom. The molecule has 0 N–H and O–H groups in total. The molecule has 1 aromatic rings. The topological polar surface area (TPSA) is 0 Å². The molecule has 0 aliphatic carbocycles. The first-order valence-corrected chi connectivity index (χ1v) is 9.29. The van der Waals surface area contributed by atoms with Crippen molar-refractivity contribution in [2.24, 2.45) is 0 Å². The summed E-state index contributed by atoms with van der Waals surface area (Å²) in [4.78, 5) is 0. The molecule has 0 aliphatic rings. The maximum Gasteiger partial charge on any atom is 0.269 e. The van der Waals surface area contributed by atoms with Gasteiger partial charge in [0.15, 0.2) is 0 Å². The van der Waals surface area contributed by atoms with Gasteiger partial charge in [0.1, 0.15) is 0 Å². The van der Waals surface area contributed by atoms with Gasteiger partial charge in [-0.05, 0) is 60.4 Å². The number of rotatable bonds is 9. The molecule has 138 valence electrons. The Bertz CT molecular complexity index is 643. The molecule has 0 unspecified atom stereocenters. The van der Waals surface area contributed by atoms with E-state index in [1.165, 1.54) is 28.3 Å². The van der Waals surface area contributed by atoms with E-state index < -0.39 is 5.92 Å². The second-order valence-electron chi connectivity index (χ2n) is 6.71. The SMILES string of the molecule is C=C(/C=C\C(=C/CC)Cc1c(C)ccc(CC)c1CCC)C(C)(F)F. The highest BCUT2D eigenvalue weighted by Gasteiger charge is 2.23. The van der Waals surface area contributed by atoms with Crippen molar-refractivity contribution >= 4 is 0 Å². The van der Waals surface area contributed by atoms with Crippen molar-refractivity contribution in [3.8, 4) is 0 Å². The van der Waals surface area contributed by atoms with Crippen LogP contribution >= 0.6 is 0 Å². The molecule has 0 aromatic heterocycles. The summed E-state index contributed by atoms with van der Waals surface area (Å²) in [7, 11) is 0. The maximum atomic E-state index is 13.3. The van der Waals surface area contributed by atoms with Gasteiger partial charge >= 0.3 is 0 Å². The summed E-state index contributed by atoms with van der Waals surface area (Å²) in [6.45, 7) is 13.0. The Morgan fingerprint density at radius 2 is 1.80 bits per heavy atom. The molecule has 0 heterocycles. The van der Waals surface area contributed by atoms with Crippen LogP contribution in [0.1, 0.15) is 62.8 Å². The van der Waals surface area contributed by atoms with Crippen molar-refractivity contribution in [2.45, 2.75) is 72.6 Å². The summed E-state index contributed by atoms with van der Waals surface area (Å²) in [5, 5.41) is 0. The lowest BCUT2D eigenvalue weighted by atomic mass is 9.88. The van der Waals surface area contributed by atoms with Crippen molar-refractivity contribution in [2.75, 3.05) is 0 Å². The fraction of sp³-hybridized carbons (Fsp3) is 0.478. The van der Waals surface area contributed by atoms with E-state index in [0.29, 0.717) is 0 Å². The van der Waals surface area contributed by atoms with Gasteiger partial charge in [-0.1, -0.05) is 64.1 Å². The first kappa shape index (κ1) is 21.3. The minimum absolute atomic E-state index is 0.151. The average Bonchev–Trinajstić information content (AvgIpc) is 2.55. The zero-order valence-electron chi connectivity index (χ0n) is 16.4. The second kappa shape index (κ2) is 9.70. The van der Waals surface area contributed by atoms with E-state index in [0.717, 1.165) is 44.6 Å². The van der Waals surface area contributed by atoms with Crippen LogP contribution in [0.25, 0.3) is 0 Å². The molecule has 1 rings (SSSR count). The number of halogens is 2. The molecule has 1 aromatic carbocycles. The standard InChI is InChI=1S/C23H32F2/c1-7-10-19(14-13-18(5)23(6,24)25)16-22-17(4)12-15-20(9-3)21(22)11-8-2/h10,12-15H,5,7-9,11,16H2,1-4,6H3/b14-13-,19-10+. The predicted molar refractivity (Wildman–Crippen MR) is 106 cm³/mol. The van der Waals surface area contributed by atoms with Gasteiger partial charge in [-0.25, -0.2) is 8.78 Å². The molecule has 0 saturated carbocycles. The van der Waals surface area contributed by atoms with E-state index in [-0.39, 0.29) is 5.57 Å². The third-order valence-corrected chi connectivity index (χ3v) is 4.55. The first-order valence-electron chi connectivity index (χ1n) is 9.29. The van der Waals surface area contributed by atoms with Crippen LogP contribution in [0.4, 0.5) is 8.78 Å². The van der Waals surface area contributed by atoms with Gasteiger partial charge in [0.25, 0.3) is 5.92 Å². The molecule has 0 atom stereocenters. The van der Waals surface area contributed by atoms with Crippen LogP contribution < -0.4 is 0 Å². The van der Waals surface area contributed by atoms with Crippen molar-refractivity contribution in [3.63, 3.8) is 0 Å². The Kier molecular flexibility index (Phi) is 8.28. The summed E-state index contributed by atoms with van der Waals surface area (Å²) < 4.78 is 26.7. The quantitative estimate of drug-likeness (QED) is 0.416. The number of aryl methyl sites for hydroxylation is 2. The average molecular weight is 347 g/mol. The Labute approximate surface area is 152 Å². The van der Waals surface area contributed by atoms with Crippen molar-refractivity contribution < 1.29 is 8.78 Å². The van der Waals surface area contributed by atoms with Crippen LogP contribution in [0.3, 0.4) is 0 Å². The molecule has 25 heavy (non-hydrogen) atoms. The van der Waals surface area contributed by atoms with Gasteiger partial charge in [-0.3, -0.25) is 0 Å². The zero-order valence-corrected chi connectivity index (χ0v) is 16.4. The van der Waals surface area contributed by atoms with Gasteiger partial charge in [0.2, 0.25) is 0 Å². The smallest absolute Gasteiger partial charge is 0.202 e. The van der Waals surface area contributed by atoms with E-state index >= 15 is 0 Å². The van der Waals surface area contributed by atoms with Crippen LogP contribution in [0.2, 0.25) is 0 Å². The monoisotopic (exact) mass is 346 g/mol. The second-order valence-corrected chi connectivity index (χ2v) is 6.71. The highest BCUT2D eigenvalue weighted by Crippen LogP contribution is 2.26. The van der Waals surface area contributed by atoms with E-state index in [4.69, 9.17) is 0 Å². The number of hydrogen-bond donors (Lipinski definition) is 0. The van der Waals surface area contributed by atoms with E-state index in [1.54, 1.807) is 6.08 Å². The molecule has 0 spiro atoms. The summed E-state index contributed by atoms with van der Waals surface area (Å²) in [5.41, 5.74) is 6.37. The lowest BCUT2D eigenvalue weighted by Crippen LogP contribution is -2.10. The fourth-order valence-corrected chi connectivity index (χ4v) is 3.02. The van der Waals surface area contributed by atoms with Gasteiger partial charge in [0.05, 0.1) is 0 Å². The summed E-state index contributed by atoms with van der Waals surface area (Å²) in [6, 6.07) is 4.40. The third-order valence-electron chi connectivity index (χ3n) is 4.55. The summed E-state index contributed by atoms with van der Waals surface area (Å²) in [5.74, 6) is -2.88. The van der Waals surface area contributed by atoms with Crippen LogP contribution in [0.15, 0.2) is 48.1 Å². The maximum absolute atomic E-state index is 13.3. The summed E-state index contributed by atoms with van der Waals surface area (Å²) in [6.07, 6.45) is 10.2. The number of alkyl halides is 2. The first-order chi connectivity index (χ1) is 11.7. The molecule has 0 nitrogen and oxygen atoms in total. The molecule has 0 bridgehead atoms. The highest BCUT2D eigenvalue weighted by molar-refractivity contribution is 5.45. The Morgan fingerprint density at radius 3 is 2.32 bits per heavy atom. The van der Waals surface area contributed by atoms with Crippen LogP contribution in [-0.4, -0.2) is 5.92 Å². The molecule has 0 aliphatic heterocycles. The largest absolute Gasteiger partial charge is 0.269 e. The minimum atomic E-state index is -2.88. The van der Waals surface area contributed by atoms with Gasteiger partial charge < -0.3 is 0 Å². The lowest BCUT2D eigenvalue weighted by Gasteiger charge is -2.17. The van der Waals surface area contributed by atoms with Gasteiger partial charge in [-0.15, -0.1) is 0 Å². The highest BCUT2D eigenvalue weighted by atomic mass is 19.3. The van der Waals surface area contributed by atoms with E-state index in [1.807, 2.05) is 0 Å². The predicted octanol–water partition coefficient (Wildman–Crippen LogP) is 7.16. The number of allylic oxidation sites excluding steroid dienone is 5. The van der Waals surface area contributed by atoms with Crippen molar-refractivity contribution in [1.29, 1.82) is 0 Å². The molecular formula is C23H32F2. The van der Waals surface area contributed by atoms with E-state index in [9.17, 15) is 8.78 Å². The molecule has 0 saturated heterocycles. The molecule has 0 radical (unpaired) electrons. The Balaban J connectivity index is 3.21. The normalized spacial score (nSPS) is 12.8. The van der Waals surface area contributed by atoms with Crippen LogP contribution in [0, 0.1) is 6.92 Å². The summed E-state index contributed by atoms with van der Waals surface area (Å²) >= 11 is 0. The Hall–Kier alpha value is -1.70. The minimum Gasteiger partial charge on any atom is -0.202 e.